The van der Waals surface area contributed by atoms with Crippen LogP contribution in [0.25, 0.3) is 0 Å². The molecule has 1 aromatic carbocycles. The number of para-hydroxylation sites is 1. The van der Waals surface area contributed by atoms with Crippen molar-refractivity contribution in [2.24, 2.45) is 4.99 Å². The van der Waals surface area contributed by atoms with Crippen molar-refractivity contribution in [1.29, 1.82) is 0 Å². The van der Waals surface area contributed by atoms with Gasteiger partial charge in [0.25, 0.3) is 0 Å². The van der Waals surface area contributed by atoms with Gasteiger partial charge in [-0.15, -0.1) is 0 Å². The second-order valence-electron chi connectivity index (χ2n) is 7.40. The fourth-order valence-electron chi connectivity index (χ4n) is 3.70. The minimum atomic E-state index is 0.177. The van der Waals surface area contributed by atoms with Gasteiger partial charge in [0.2, 0.25) is 0 Å². The Hall–Kier alpha value is -2.58. The molecule has 0 amide bonds. The van der Waals surface area contributed by atoms with E-state index in [9.17, 15) is 0 Å². The van der Waals surface area contributed by atoms with Crippen molar-refractivity contribution in [2.75, 3.05) is 61.0 Å². The number of guanidine groups is 1. The van der Waals surface area contributed by atoms with Crippen LogP contribution in [-0.2, 0) is 6.54 Å². The van der Waals surface area contributed by atoms with Gasteiger partial charge in [-0.1, -0.05) is 23.4 Å². The lowest BCUT2D eigenvalue weighted by Crippen LogP contribution is -2.53. The molecule has 3 rings (SSSR count). The zero-order valence-corrected chi connectivity index (χ0v) is 17.8. The standard InChI is InChI=1S/C21H32N6O2/c1-22-21(27-12-10-26(11-13-27)16-17-9-14-29-24-17)23-15-19(25(2)3)18-7-5-6-8-20(18)28-4/h5-9,14,19H,10-13,15-16H2,1-4H3,(H,22,23). The Morgan fingerprint density at radius 3 is 2.62 bits per heavy atom. The summed E-state index contributed by atoms with van der Waals surface area (Å²) < 4.78 is 10.5. The van der Waals surface area contributed by atoms with E-state index in [2.05, 4.69) is 56.4 Å². The van der Waals surface area contributed by atoms with E-state index in [4.69, 9.17) is 9.26 Å². The zero-order chi connectivity index (χ0) is 20.6. The van der Waals surface area contributed by atoms with Crippen LogP contribution in [0.5, 0.6) is 5.75 Å². The van der Waals surface area contributed by atoms with Crippen molar-refractivity contribution in [3.05, 3.63) is 47.9 Å². The molecule has 1 aromatic heterocycles. The maximum atomic E-state index is 5.57. The second-order valence-corrected chi connectivity index (χ2v) is 7.40. The van der Waals surface area contributed by atoms with E-state index in [-0.39, 0.29) is 6.04 Å². The van der Waals surface area contributed by atoms with Gasteiger partial charge in [0.1, 0.15) is 12.0 Å². The average Bonchev–Trinajstić information content (AvgIpc) is 3.25. The van der Waals surface area contributed by atoms with Crippen molar-refractivity contribution >= 4 is 5.96 Å². The van der Waals surface area contributed by atoms with Crippen LogP contribution in [0.2, 0.25) is 0 Å². The van der Waals surface area contributed by atoms with E-state index in [1.807, 2.05) is 25.2 Å². The molecule has 1 atom stereocenters. The van der Waals surface area contributed by atoms with Gasteiger partial charge in [0.15, 0.2) is 5.96 Å². The number of methoxy groups -OCH3 is 1. The molecule has 8 heteroatoms. The van der Waals surface area contributed by atoms with Gasteiger partial charge in [-0.3, -0.25) is 9.89 Å². The number of nitrogens with zero attached hydrogens (tertiary/aromatic N) is 5. The number of benzene rings is 1. The summed E-state index contributed by atoms with van der Waals surface area (Å²) in [6.45, 7) is 5.37. The van der Waals surface area contributed by atoms with Crippen LogP contribution in [0, 0.1) is 0 Å². The SMILES string of the molecule is CN=C(NCC(c1ccccc1OC)N(C)C)N1CCN(Cc2ccon2)CC1. The maximum absolute atomic E-state index is 5.57. The Morgan fingerprint density at radius 1 is 1.24 bits per heavy atom. The minimum Gasteiger partial charge on any atom is -0.496 e. The highest BCUT2D eigenvalue weighted by atomic mass is 16.5. The molecule has 1 fully saturated rings. The largest absolute Gasteiger partial charge is 0.496 e. The average molecular weight is 401 g/mol. The molecule has 0 spiro atoms. The predicted octanol–water partition coefficient (Wildman–Crippen LogP) is 1.68. The number of hydrogen-bond acceptors (Lipinski definition) is 6. The Balaban J connectivity index is 1.56. The molecule has 2 aromatic rings. The van der Waals surface area contributed by atoms with Crippen molar-refractivity contribution in [2.45, 2.75) is 12.6 Å². The summed E-state index contributed by atoms with van der Waals surface area (Å²) in [5.41, 5.74) is 2.15. The number of piperazine rings is 1. The van der Waals surface area contributed by atoms with Crippen molar-refractivity contribution in [3.8, 4) is 5.75 Å². The number of hydrogen-bond donors (Lipinski definition) is 1. The lowest BCUT2D eigenvalue weighted by molar-refractivity contribution is 0.168. The summed E-state index contributed by atoms with van der Waals surface area (Å²) in [6, 6.07) is 10.3. The smallest absolute Gasteiger partial charge is 0.193 e. The van der Waals surface area contributed by atoms with Gasteiger partial charge in [0, 0.05) is 57.9 Å². The first kappa shape index (κ1) is 21.1. The molecule has 8 nitrogen and oxygen atoms in total. The van der Waals surface area contributed by atoms with Gasteiger partial charge >= 0.3 is 0 Å². The Labute approximate surface area is 173 Å². The molecule has 0 saturated carbocycles. The number of rotatable bonds is 7. The molecule has 1 N–H and O–H groups in total. The number of aromatic nitrogens is 1. The Bertz CT molecular complexity index is 769. The third kappa shape index (κ3) is 5.48. The zero-order valence-electron chi connectivity index (χ0n) is 17.8. The summed E-state index contributed by atoms with van der Waals surface area (Å²) in [4.78, 5) is 11.4. The number of likely N-dealkylation sites (N-methyl/N-ethyl adjacent to an activating group) is 1. The lowest BCUT2D eigenvalue weighted by Gasteiger charge is -2.37. The van der Waals surface area contributed by atoms with Crippen LogP contribution in [0.15, 0.2) is 46.1 Å². The summed E-state index contributed by atoms with van der Waals surface area (Å²) >= 11 is 0. The van der Waals surface area contributed by atoms with Crippen LogP contribution in [0.1, 0.15) is 17.3 Å². The first-order valence-electron chi connectivity index (χ1n) is 9.99. The Kier molecular flexibility index (Phi) is 7.48. The van der Waals surface area contributed by atoms with Crippen LogP contribution in [-0.4, -0.2) is 86.8 Å². The Morgan fingerprint density at radius 2 is 2.00 bits per heavy atom. The highest BCUT2D eigenvalue weighted by Crippen LogP contribution is 2.27. The fourth-order valence-corrected chi connectivity index (χ4v) is 3.70. The summed E-state index contributed by atoms with van der Waals surface area (Å²) in [6.07, 6.45) is 1.63. The molecule has 29 heavy (non-hydrogen) atoms. The number of nitrogens with one attached hydrogen (secondary N) is 1. The molecule has 2 heterocycles. The minimum absolute atomic E-state index is 0.177. The highest BCUT2D eigenvalue weighted by Gasteiger charge is 2.23. The maximum Gasteiger partial charge on any atom is 0.193 e. The predicted molar refractivity (Wildman–Crippen MR) is 114 cm³/mol. The molecule has 0 radical (unpaired) electrons. The monoisotopic (exact) mass is 400 g/mol. The lowest BCUT2D eigenvalue weighted by atomic mass is 10.0. The van der Waals surface area contributed by atoms with Crippen LogP contribution >= 0.6 is 0 Å². The topological polar surface area (TPSA) is 69.4 Å². The second kappa shape index (κ2) is 10.3. The van der Waals surface area contributed by atoms with E-state index in [0.717, 1.165) is 56.7 Å². The van der Waals surface area contributed by atoms with Gasteiger partial charge in [0.05, 0.1) is 18.8 Å². The summed E-state index contributed by atoms with van der Waals surface area (Å²) in [7, 11) is 7.74. The third-order valence-electron chi connectivity index (χ3n) is 5.34. The van der Waals surface area contributed by atoms with Gasteiger partial charge < -0.3 is 24.4 Å². The molecular weight excluding hydrogens is 368 g/mol. The fraction of sp³-hybridized carbons (Fsp3) is 0.524. The van der Waals surface area contributed by atoms with Crippen molar-refractivity contribution in [1.82, 2.24) is 25.2 Å². The quantitative estimate of drug-likeness (QED) is 0.560. The molecule has 1 aliphatic rings. The normalized spacial score (nSPS) is 16.9. The van der Waals surface area contributed by atoms with E-state index in [0.29, 0.717) is 0 Å². The number of aliphatic imine (C=N–C) groups is 1. The van der Waals surface area contributed by atoms with Gasteiger partial charge in [-0.05, 0) is 20.2 Å². The van der Waals surface area contributed by atoms with Crippen LogP contribution in [0.3, 0.4) is 0 Å². The van der Waals surface area contributed by atoms with E-state index >= 15 is 0 Å². The molecule has 0 aliphatic carbocycles. The highest BCUT2D eigenvalue weighted by molar-refractivity contribution is 5.80. The van der Waals surface area contributed by atoms with Crippen molar-refractivity contribution < 1.29 is 9.26 Å². The first-order valence-corrected chi connectivity index (χ1v) is 9.99. The molecular formula is C21H32N6O2. The van der Waals surface area contributed by atoms with E-state index in [1.54, 1.807) is 13.4 Å². The van der Waals surface area contributed by atoms with Crippen LogP contribution < -0.4 is 10.1 Å². The van der Waals surface area contributed by atoms with Crippen molar-refractivity contribution in [3.63, 3.8) is 0 Å². The third-order valence-corrected chi connectivity index (χ3v) is 5.34. The molecule has 158 valence electrons. The van der Waals surface area contributed by atoms with Gasteiger partial charge in [-0.2, -0.15) is 0 Å². The van der Waals surface area contributed by atoms with Crippen LogP contribution in [0.4, 0.5) is 0 Å². The molecule has 1 aliphatic heterocycles. The molecule has 1 unspecified atom stereocenters. The van der Waals surface area contributed by atoms with E-state index in [1.165, 1.54) is 5.56 Å². The summed E-state index contributed by atoms with van der Waals surface area (Å²) in [5, 5.41) is 7.57. The summed E-state index contributed by atoms with van der Waals surface area (Å²) in [5.74, 6) is 1.84. The number of ether oxygens (including phenoxy) is 1. The molecule has 0 bridgehead atoms. The van der Waals surface area contributed by atoms with E-state index < -0.39 is 0 Å². The first-order chi connectivity index (χ1) is 14.1. The van der Waals surface area contributed by atoms with Gasteiger partial charge in [-0.25, -0.2) is 0 Å². The molecule has 1 saturated heterocycles.